The highest BCUT2D eigenvalue weighted by molar-refractivity contribution is 5.84. The Morgan fingerprint density at radius 2 is 1.74 bits per heavy atom. The van der Waals surface area contributed by atoms with E-state index in [0.717, 1.165) is 27.6 Å². The summed E-state index contributed by atoms with van der Waals surface area (Å²) in [6.07, 6.45) is 6.86. The van der Waals surface area contributed by atoms with Gasteiger partial charge >= 0.3 is 5.69 Å². The predicted octanol–water partition coefficient (Wildman–Crippen LogP) is 4.65. The number of benzene rings is 2. The largest absolute Gasteiger partial charge is 0.333 e. The second-order valence-electron chi connectivity index (χ2n) is 8.75. The number of nitriles is 1. The molecule has 7 heteroatoms. The molecule has 0 saturated carbocycles. The van der Waals surface area contributed by atoms with Gasteiger partial charge in [0.05, 0.1) is 34.1 Å². The molecule has 0 spiro atoms. The molecule has 0 saturated heterocycles. The molecule has 5 rings (SSSR count). The molecule has 0 aliphatic heterocycles. The molecule has 0 unspecified atom stereocenters. The standard InChI is InChI=1S/C27H22N6O/c1-27(2,16-28)21-5-7-22(8-6-21)33-25(15-32(3)26(33)34)24-13-19(10-11-30-24)18-4-9-23-20(12-18)14-29-17-31-23/h4-15,17H,1-3H3. The molecular formula is C27H22N6O. The van der Waals surface area contributed by atoms with E-state index in [9.17, 15) is 10.1 Å². The van der Waals surface area contributed by atoms with Gasteiger partial charge in [0.2, 0.25) is 0 Å². The van der Waals surface area contributed by atoms with E-state index < -0.39 is 5.41 Å². The Morgan fingerprint density at radius 1 is 0.971 bits per heavy atom. The number of aromatic nitrogens is 5. The van der Waals surface area contributed by atoms with E-state index >= 15 is 0 Å². The lowest BCUT2D eigenvalue weighted by atomic mass is 9.86. The number of rotatable bonds is 4. The molecule has 3 heterocycles. The first-order valence-electron chi connectivity index (χ1n) is 10.8. The summed E-state index contributed by atoms with van der Waals surface area (Å²) in [5.74, 6) is 0. The average molecular weight is 447 g/mol. The molecule has 7 nitrogen and oxygen atoms in total. The van der Waals surface area contributed by atoms with Crippen LogP contribution in [0.1, 0.15) is 19.4 Å². The summed E-state index contributed by atoms with van der Waals surface area (Å²) in [6.45, 7) is 3.74. The van der Waals surface area contributed by atoms with Crippen LogP contribution < -0.4 is 5.69 Å². The predicted molar refractivity (Wildman–Crippen MR) is 131 cm³/mol. The molecule has 0 atom stereocenters. The molecule has 34 heavy (non-hydrogen) atoms. The number of hydrogen-bond acceptors (Lipinski definition) is 5. The fourth-order valence-electron chi connectivity index (χ4n) is 3.99. The van der Waals surface area contributed by atoms with Crippen molar-refractivity contribution < 1.29 is 0 Å². The molecule has 0 amide bonds. The first-order valence-corrected chi connectivity index (χ1v) is 10.8. The van der Waals surface area contributed by atoms with E-state index in [2.05, 4.69) is 21.0 Å². The van der Waals surface area contributed by atoms with Crippen molar-refractivity contribution in [2.24, 2.45) is 7.05 Å². The van der Waals surface area contributed by atoms with Crippen molar-refractivity contribution in [2.75, 3.05) is 0 Å². The molecule has 5 aromatic rings. The SMILES string of the molecule is Cn1cc(-c2cc(-c3ccc4ncncc4c3)ccn2)n(-c2ccc(C(C)(C)C#N)cc2)c1=O. The first kappa shape index (κ1) is 21.3. The molecule has 0 radical (unpaired) electrons. The van der Waals surface area contributed by atoms with Crippen LogP contribution in [0.2, 0.25) is 0 Å². The molecule has 0 aliphatic carbocycles. The highest BCUT2D eigenvalue weighted by Gasteiger charge is 2.20. The number of hydrogen-bond donors (Lipinski definition) is 0. The van der Waals surface area contributed by atoms with Crippen molar-refractivity contribution in [1.29, 1.82) is 5.26 Å². The normalized spacial score (nSPS) is 11.5. The Balaban J connectivity index is 1.60. The summed E-state index contributed by atoms with van der Waals surface area (Å²) in [7, 11) is 1.72. The van der Waals surface area contributed by atoms with Gasteiger partial charge in [0.15, 0.2) is 0 Å². The van der Waals surface area contributed by atoms with Crippen LogP contribution in [-0.4, -0.2) is 24.1 Å². The van der Waals surface area contributed by atoms with E-state index in [-0.39, 0.29) is 5.69 Å². The molecule has 166 valence electrons. The molecule has 3 aromatic heterocycles. The maximum Gasteiger partial charge on any atom is 0.333 e. The van der Waals surface area contributed by atoms with Gasteiger partial charge in [0.1, 0.15) is 6.33 Å². The van der Waals surface area contributed by atoms with Crippen molar-refractivity contribution in [3.63, 3.8) is 0 Å². The second kappa shape index (κ2) is 8.09. The highest BCUT2D eigenvalue weighted by Crippen LogP contribution is 2.28. The maximum atomic E-state index is 13.0. The van der Waals surface area contributed by atoms with Crippen LogP contribution in [0, 0.1) is 11.3 Å². The minimum Gasteiger partial charge on any atom is -0.301 e. The van der Waals surface area contributed by atoms with Gasteiger partial charge in [0, 0.05) is 31.0 Å². The molecule has 0 bridgehead atoms. The third kappa shape index (κ3) is 3.65. The summed E-state index contributed by atoms with van der Waals surface area (Å²) in [4.78, 5) is 26.0. The molecule has 0 N–H and O–H groups in total. The van der Waals surface area contributed by atoms with Gasteiger partial charge < -0.3 is 4.57 Å². The fourth-order valence-corrected chi connectivity index (χ4v) is 3.99. The highest BCUT2D eigenvalue weighted by atomic mass is 16.1. The zero-order valence-corrected chi connectivity index (χ0v) is 19.1. The van der Waals surface area contributed by atoms with E-state index in [1.807, 2.05) is 68.4 Å². The zero-order valence-electron chi connectivity index (χ0n) is 19.1. The molecular weight excluding hydrogens is 424 g/mol. The van der Waals surface area contributed by atoms with Crippen molar-refractivity contribution in [3.8, 4) is 34.3 Å². The summed E-state index contributed by atoms with van der Waals surface area (Å²) in [6, 6.07) is 19.8. The van der Waals surface area contributed by atoms with Crippen molar-refractivity contribution in [1.82, 2.24) is 24.1 Å². The summed E-state index contributed by atoms with van der Waals surface area (Å²) < 4.78 is 3.19. The van der Waals surface area contributed by atoms with Gasteiger partial charge in [-0.15, -0.1) is 0 Å². The number of pyridine rings is 1. The lowest BCUT2D eigenvalue weighted by Gasteiger charge is -2.16. The molecule has 0 aliphatic rings. The van der Waals surface area contributed by atoms with E-state index in [1.54, 1.807) is 34.8 Å². The van der Waals surface area contributed by atoms with Gasteiger partial charge in [-0.2, -0.15) is 5.26 Å². The number of imidazole rings is 1. The Bertz CT molecular complexity index is 1620. The number of nitrogens with zero attached hydrogens (tertiary/aromatic N) is 6. The van der Waals surface area contributed by atoms with E-state index in [0.29, 0.717) is 17.1 Å². The van der Waals surface area contributed by atoms with Crippen LogP contribution in [0.3, 0.4) is 0 Å². The van der Waals surface area contributed by atoms with Crippen molar-refractivity contribution in [2.45, 2.75) is 19.3 Å². The second-order valence-corrected chi connectivity index (χ2v) is 8.75. The third-order valence-electron chi connectivity index (χ3n) is 6.04. The van der Waals surface area contributed by atoms with Gasteiger partial charge in [-0.25, -0.2) is 14.8 Å². The Morgan fingerprint density at radius 3 is 2.50 bits per heavy atom. The van der Waals surface area contributed by atoms with Gasteiger partial charge in [0.25, 0.3) is 0 Å². The number of fused-ring (bicyclic) bond motifs is 1. The molecule has 2 aromatic carbocycles. The monoisotopic (exact) mass is 446 g/mol. The van der Waals surface area contributed by atoms with Crippen LogP contribution in [0.4, 0.5) is 0 Å². The topological polar surface area (TPSA) is 89.4 Å². The zero-order chi connectivity index (χ0) is 23.9. The third-order valence-corrected chi connectivity index (χ3v) is 6.04. The first-order chi connectivity index (χ1) is 16.4. The van der Waals surface area contributed by atoms with Crippen molar-refractivity contribution in [3.05, 3.63) is 95.6 Å². The summed E-state index contributed by atoms with van der Waals surface area (Å²) in [5, 5.41) is 10.4. The Hall–Kier alpha value is -4.57. The minimum absolute atomic E-state index is 0.169. The molecule has 0 fully saturated rings. The van der Waals surface area contributed by atoms with Crippen LogP contribution in [0.25, 0.3) is 39.1 Å². The summed E-state index contributed by atoms with van der Waals surface area (Å²) in [5.41, 5.74) is 5.07. The number of aryl methyl sites for hydroxylation is 1. The van der Waals surface area contributed by atoms with E-state index in [4.69, 9.17) is 0 Å². The Labute approximate surface area is 196 Å². The quantitative estimate of drug-likeness (QED) is 0.401. The van der Waals surface area contributed by atoms with Crippen LogP contribution in [0.5, 0.6) is 0 Å². The van der Waals surface area contributed by atoms with Gasteiger partial charge in [-0.05, 0) is 66.9 Å². The lowest BCUT2D eigenvalue weighted by Crippen LogP contribution is -2.21. The lowest BCUT2D eigenvalue weighted by molar-refractivity contribution is 0.686. The van der Waals surface area contributed by atoms with Crippen molar-refractivity contribution >= 4 is 10.9 Å². The Kier molecular flexibility index (Phi) is 5.06. The van der Waals surface area contributed by atoms with Crippen LogP contribution in [-0.2, 0) is 12.5 Å². The average Bonchev–Trinajstić information content (AvgIpc) is 3.18. The fraction of sp³-hybridized carbons (Fsp3) is 0.148. The van der Waals surface area contributed by atoms with Crippen LogP contribution in [0.15, 0.2) is 84.3 Å². The van der Waals surface area contributed by atoms with E-state index in [1.165, 1.54) is 6.33 Å². The van der Waals surface area contributed by atoms with Gasteiger partial charge in [-0.1, -0.05) is 18.2 Å². The smallest absolute Gasteiger partial charge is 0.301 e. The summed E-state index contributed by atoms with van der Waals surface area (Å²) >= 11 is 0. The van der Waals surface area contributed by atoms with Gasteiger partial charge in [-0.3, -0.25) is 9.55 Å². The van der Waals surface area contributed by atoms with Crippen LogP contribution >= 0.6 is 0 Å². The maximum absolute atomic E-state index is 13.0. The minimum atomic E-state index is -0.607.